The van der Waals surface area contributed by atoms with E-state index in [9.17, 15) is 4.79 Å². The van der Waals surface area contributed by atoms with Gasteiger partial charge >= 0.3 is 0 Å². The van der Waals surface area contributed by atoms with E-state index in [4.69, 9.17) is 5.73 Å². The van der Waals surface area contributed by atoms with Crippen molar-refractivity contribution in [1.29, 1.82) is 0 Å². The summed E-state index contributed by atoms with van der Waals surface area (Å²) in [4.78, 5) is 16.9. The van der Waals surface area contributed by atoms with Crippen molar-refractivity contribution in [3.8, 4) is 0 Å². The number of carbonyl (C=O) groups excluding carboxylic acids is 1. The Morgan fingerprint density at radius 3 is 2.81 bits per heavy atom. The average molecular weight is 332 g/mol. The minimum Gasteiger partial charge on any atom is -0.328 e. The molecule has 3 N–H and O–H groups in total. The standard InChI is InChI=1S/C15H25N3OS.ClH/c1-9(2)7-13-15(20-10(3)17-13)18-14(19)11-5-4-6-12(16)8-11;/h9,11-12H,4-8,16H2,1-3H3,(H,18,19);1H. The van der Waals surface area contributed by atoms with Gasteiger partial charge in [-0.05, 0) is 38.5 Å². The summed E-state index contributed by atoms with van der Waals surface area (Å²) in [6.45, 7) is 6.32. The number of thiazole rings is 1. The quantitative estimate of drug-likeness (QED) is 0.886. The summed E-state index contributed by atoms with van der Waals surface area (Å²) in [5.74, 6) is 0.720. The monoisotopic (exact) mass is 331 g/mol. The lowest BCUT2D eigenvalue weighted by atomic mass is 9.85. The first-order valence-electron chi connectivity index (χ1n) is 7.48. The predicted octanol–water partition coefficient (Wildman–Crippen LogP) is 3.53. The van der Waals surface area contributed by atoms with Gasteiger partial charge in [-0.15, -0.1) is 23.7 Å². The molecule has 1 aromatic rings. The van der Waals surface area contributed by atoms with Gasteiger partial charge in [-0.3, -0.25) is 4.79 Å². The molecule has 120 valence electrons. The number of nitrogens with two attached hydrogens (primary N) is 1. The Labute approximate surface area is 137 Å². The summed E-state index contributed by atoms with van der Waals surface area (Å²) in [7, 11) is 0. The van der Waals surface area contributed by atoms with E-state index in [1.54, 1.807) is 11.3 Å². The molecule has 2 rings (SSSR count). The van der Waals surface area contributed by atoms with Crippen LogP contribution in [-0.4, -0.2) is 16.9 Å². The number of hydrogen-bond donors (Lipinski definition) is 2. The topological polar surface area (TPSA) is 68.0 Å². The predicted molar refractivity (Wildman–Crippen MR) is 91.2 cm³/mol. The maximum Gasteiger partial charge on any atom is 0.228 e. The van der Waals surface area contributed by atoms with E-state index in [1.165, 1.54) is 0 Å². The first kappa shape index (κ1) is 18.4. The smallest absolute Gasteiger partial charge is 0.228 e. The third kappa shape index (κ3) is 5.24. The fourth-order valence-electron chi connectivity index (χ4n) is 2.77. The normalized spacial score (nSPS) is 22.0. The van der Waals surface area contributed by atoms with E-state index in [1.807, 2.05) is 6.92 Å². The van der Waals surface area contributed by atoms with Crippen LogP contribution in [0.5, 0.6) is 0 Å². The number of hydrogen-bond acceptors (Lipinski definition) is 4. The molecule has 1 aromatic heterocycles. The molecule has 1 fully saturated rings. The fraction of sp³-hybridized carbons (Fsp3) is 0.733. The van der Waals surface area contributed by atoms with E-state index >= 15 is 0 Å². The zero-order valence-electron chi connectivity index (χ0n) is 13.0. The molecule has 0 saturated heterocycles. The molecule has 0 aliphatic heterocycles. The second-order valence-electron chi connectivity index (χ2n) is 6.22. The lowest BCUT2D eigenvalue weighted by Gasteiger charge is -2.25. The SMILES string of the molecule is Cc1nc(CC(C)C)c(NC(=O)C2CCCC(N)C2)s1.Cl. The van der Waals surface area contributed by atoms with Crippen LogP contribution in [0.25, 0.3) is 0 Å². The third-order valence-corrected chi connectivity index (χ3v) is 4.66. The number of nitrogens with one attached hydrogen (secondary N) is 1. The highest BCUT2D eigenvalue weighted by Gasteiger charge is 2.26. The lowest BCUT2D eigenvalue weighted by Crippen LogP contribution is -2.34. The molecule has 1 aliphatic carbocycles. The van der Waals surface area contributed by atoms with Crippen LogP contribution in [0.15, 0.2) is 0 Å². The summed E-state index contributed by atoms with van der Waals surface area (Å²) in [5, 5.41) is 5.03. The Morgan fingerprint density at radius 2 is 2.19 bits per heavy atom. The number of rotatable bonds is 4. The van der Waals surface area contributed by atoms with Crippen LogP contribution in [0.3, 0.4) is 0 Å². The molecular weight excluding hydrogens is 306 g/mol. The number of aryl methyl sites for hydroxylation is 1. The Hall–Kier alpha value is -0.650. The van der Waals surface area contributed by atoms with Crippen molar-refractivity contribution in [2.45, 2.75) is 58.9 Å². The average Bonchev–Trinajstić information content (AvgIpc) is 2.68. The zero-order valence-corrected chi connectivity index (χ0v) is 14.6. The van der Waals surface area contributed by atoms with Crippen LogP contribution in [-0.2, 0) is 11.2 Å². The molecular formula is C15H26ClN3OS. The molecule has 1 amide bonds. The number of carbonyl (C=O) groups is 1. The maximum absolute atomic E-state index is 12.4. The molecule has 0 aromatic carbocycles. The van der Waals surface area contributed by atoms with Gasteiger partial charge in [0.25, 0.3) is 0 Å². The molecule has 21 heavy (non-hydrogen) atoms. The first-order valence-corrected chi connectivity index (χ1v) is 8.30. The van der Waals surface area contributed by atoms with Gasteiger partial charge < -0.3 is 11.1 Å². The molecule has 1 aliphatic rings. The highest BCUT2D eigenvalue weighted by molar-refractivity contribution is 7.16. The van der Waals surface area contributed by atoms with Gasteiger partial charge in [0.05, 0.1) is 10.7 Å². The number of aromatic nitrogens is 1. The van der Waals surface area contributed by atoms with E-state index < -0.39 is 0 Å². The summed E-state index contributed by atoms with van der Waals surface area (Å²) < 4.78 is 0. The summed E-state index contributed by atoms with van der Waals surface area (Å²) in [6, 6.07) is 0.179. The van der Waals surface area contributed by atoms with E-state index in [2.05, 4.69) is 24.1 Å². The van der Waals surface area contributed by atoms with Crippen LogP contribution >= 0.6 is 23.7 Å². The van der Waals surface area contributed by atoms with Gasteiger partial charge in [-0.1, -0.05) is 20.3 Å². The Bertz CT molecular complexity index is 475. The second kappa shape index (κ2) is 8.11. The number of anilines is 1. The molecule has 1 saturated carbocycles. The van der Waals surface area contributed by atoms with Crippen molar-refractivity contribution in [1.82, 2.24) is 4.98 Å². The minimum atomic E-state index is 0. The third-order valence-electron chi connectivity index (χ3n) is 3.73. The lowest BCUT2D eigenvalue weighted by molar-refractivity contribution is -0.120. The second-order valence-corrected chi connectivity index (χ2v) is 7.42. The molecule has 2 unspecified atom stereocenters. The summed E-state index contributed by atoms with van der Waals surface area (Å²) in [5.41, 5.74) is 6.99. The van der Waals surface area contributed by atoms with Gasteiger partial charge in [-0.2, -0.15) is 0 Å². The van der Waals surface area contributed by atoms with Crippen molar-refractivity contribution < 1.29 is 4.79 Å². The number of nitrogens with zero attached hydrogens (tertiary/aromatic N) is 1. The van der Waals surface area contributed by atoms with Gasteiger partial charge in [0, 0.05) is 12.0 Å². The highest BCUT2D eigenvalue weighted by atomic mass is 35.5. The Balaban J connectivity index is 0.00000220. The van der Waals surface area contributed by atoms with E-state index in [0.717, 1.165) is 47.8 Å². The maximum atomic E-state index is 12.4. The largest absolute Gasteiger partial charge is 0.328 e. The van der Waals surface area contributed by atoms with E-state index in [-0.39, 0.29) is 30.3 Å². The molecule has 0 radical (unpaired) electrons. The van der Waals surface area contributed by atoms with Crippen molar-refractivity contribution in [3.63, 3.8) is 0 Å². The van der Waals surface area contributed by atoms with Gasteiger partial charge in [0.1, 0.15) is 5.00 Å². The zero-order chi connectivity index (χ0) is 14.7. The van der Waals surface area contributed by atoms with Crippen molar-refractivity contribution in [2.24, 2.45) is 17.6 Å². The van der Waals surface area contributed by atoms with Crippen LogP contribution < -0.4 is 11.1 Å². The van der Waals surface area contributed by atoms with Crippen LogP contribution in [0, 0.1) is 18.8 Å². The van der Waals surface area contributed by atoms with Crippen molar-refractivity contribution in [3.05, 3.63) is 10.7 Å². The molecule has 6 heteroatoms. The molecule has 1 heterocycles. The fourth-order valence-corrected chi connectivity index (χ4v) is 3.62. The van der Waals surface area contributed by atoms with Crippen LogP contribution in [0.1, 0.15) is 50.2 Å². The summed E-state index contributed by atoms with van der Waals surface area (Å²) in [6.07, 6.45) is 4.77. The van der Waals surface area contributed by atoms with Gasteiger partial charge in [-0.25, -0.2) is 4.98 Å². The van der Waals surface area contributed by atoms with Crippen LogP contribution in [0.2, 0.25) is 0 Å². The molecule has 0 bridgehead atoms. The molecule has 0 spiro atoms. The Kier molecular flexibility index (Phi) is 7.10. The first-order chi connectivity index (χ1) is 9.45. The van der Waals surface area contributed by atoms with Gasteiger partial charge in [0.2, 0.25) is 5.91 Å². The van der Waals surface area contributed by atoms with Crippen molar-refractivity contribution in [2.75, 3.05) is 5.32 Å². The minimum absolute atomic E-state index is 0. The molecule has 2 atom stereocenters. The van der Waals surface area contributed by atoms with E-state index in [0.29, 0.717) is 5.92 Å². The van der Waals surface area contributed by atoms with Gasteiger partial charge in [0.15, 0.2) is 0 Å². The van der Waals surface area contributed by atoms with Crippen LogP contribution in [0.4, 0.5) is 5.00 Å². The number of halogens is 1. The van der Waals surface area contributed by atoms with Crippen molar-refractivity contribution >= 4 is 34.7 Å². The Morgan fingerprint density at radius 1 is 1.48 bits per heavy atom. The number of amides is 1. The summed E-state index contributed by atoms with van der Waals surface area (Å²) >= 11 is 1.58. The highest BCUT2D eigenvalue weighted by Crippen LogP contribution is 2.29. The molecule has 4 nitrogen and oxygen atoms in total.